The van der Waals surface area contributed by atoms with Gasteiger partial charge < -0.3 is 15.4 Å². The topological polar surface area (TPSA) is 102 Å². The summed E-state index contributed by atoms with van der Waals surface area (Å²) in [6.45, 7) is 8.21. The summed E-state index contributed by atoms with van der Waals surface area (Å²) in [4.78, 5) is 11.8. The molecular weight excluding hydrogens is 332 g/mol. The van der Waals surface area contributed by atoms with Crippen LogP contribution < -0.4 is 10.6 Å². The summed E-state index contributed by atoms with van der Waals surface area (Å²) in [7, 11) is 0. The lowest BCUT2D eigenvalue weighted by Gasteiger charge is -2.09. The number of carbonyl (C=O) groups excluding carboxylic acids is 1. The SMILES string of the molecule is Cc1nnc(-c2ccc(CNC(=O)CCOCCNC(C)C)cc2)nn1. The summed E-state index contributed by atoms with van der Waals surface area (Å²) >= 11 is 0. The van der Waals surface area contributed by atoms with Crippen molar-refractivity contribution in [2.24, 2.45) is 0 Å². The fourth-order valence-corrected chi connectivity index (χ4v) is 2.14. The van der Waals surface area contributed by atoms with Crippen molar-refractivity contribution < 1.29 is 9.53 Å². The number of nitrogens with zero attached hydrogens (tertiary/aromatic N) is 4. The van der Waals surface area contributed by atoms with Crippen LogP contribution in [-0.2, 0) is 16.1 Å². The second-order valence-corrected chi connectivity index (χ2v) is 6.22. The van der Waals surface area contributed by atoms with Gasteiger partial charge in [0.15, 0.2) is 5.82 Å². The van der Waals surface area contributed by atoms with E-state index in [9.17, 15) is 4.79 Å². The molecule has 2 rings (SSSR count). The van der Waals surface area contributed by atoms with E-state index in [4.69, 9.17) is 4.74 Å². The molecule has 0 radical (unpaired) electrons. The molecule has 1 amide bonds. The standard InChI is InChI=1S/C18H26N6O2/c1-13(2)19-9-11-26-10-8-17(25)20-12-15-4-6-16(7-5-15)18-23-21-14(3)22-24-18/h4-7,13,19H,8-12H2,1-3H3,(H,20,25). The van der Waals surface area contributed by atoms with Crippen LogP contribution in [-0.4, -0.2) is 52.1 Å². The monoisotopic (exact) mass is 358 g/mol. The van der Waals surface area contributed by atoms with E-state index in [0.717, 1.165) is 17.7 Å². The molecule has 0 saturated heterocycles. The van der Waals surface area contributed by atoms with E-state index >= 15 is 0 Å². The predicted octanol–water partition coefficient (Wildman–Crippen LogP) is 1.26. The molecule has 2 N–H and O–H groups in total. The maximum absolute atomic E-state index is 11.8. The molecule has 1 aromatic carbocycles. The van der Waals surface area contributed by atoms with Gasteiger partial charge in [-0.15, -0.1) is 20.4 Å². The number of ether oxygens (including phenoxy) is 1. The van der Waals surface area contributed by atoms with Crippen molar-refractivity contribution in [1.29, 1.82) is 0 Å². The van der Waals surface area contributed by atoms with E-state index in [1.807, 2.05) is 24.3 Å². The normalized spacial score (nSPS) is 10.9. The predicted molar refractivity (Wildman–Crippen MR) is 98.2 cm³/mol. The molecule has 0 aliphatic rings. The highest BCUT2D eigenvalue weighted by atomic mass is 16.5. The second kappa shape index (κ2) is 10.5. The van der Waals surface area contributed by atoms with Crippen LogP contribution in [0.2, 0.25) is 0 Å². The van der Waals surface area contributed by atoms with Crippen LogP contribution in [0.4, 0.5) is 0 Å². The van der Waals surface area contributed by atoms with Crippen molar-refractivity contribution in [3.8, 4) is 11.4 Å². The molecule has 0 spiro atoms. The Bertz CT molecular complexity index is 673. The van der Waals surface area contributed by atoms with Gasteiger partial charge in [0.1, 0.15) is 0 Å². The first-order valence-corrected chi connectivity index (χ1v) is 8.75. The first-order valence-electron chi connectivity index (χ1n) is 8.75. The minimum absolute atomic E-state index is 0.0267. The Labute approximate surface area is 153 Å². The molecule has 0 aliphatic carbocycles. The molecule has 8 heteroatoms. The molecule has 1 aromatic heterocycles. The number of nitrogens with one attached hydrogen (secondary N) is 2. The van der Waals surface area contributed by atoms with Gasteiger partial charge in [-0.05, 0) is 12.5 Å². The Kier molecular flexibility index (Phi) is 8.04. The molecular formula is C18H26N6O2. The Hall–Kier alpha value is -2.45. The van der Waals surface area contributed by atoms with Gasteiger partial charge in [-0.3, -0.25) is 4.79 Å². The van der Waals surface area contributed by atoms with Crippen LogP contribution in [0.3, 0.4) is 0 Å². The number of carbonyl (C=O) groups is 1. The van der Waals surface area contributed by atoms with E-state index in [1.165, 1.54) is 0 Å². The maximum Gasteiger partial charge on any atom is 0.222 e. The molecule has 0 atom stereocenters. The van der Waals surface area contributed by atoms with Gasteiger partial charge in [-0.2, -0.15) is 0 Å². The van der Waals surface area contributed by atoms with E-state index in [0.29, 0.717) is 43.9 Å². The van der Waals surface area contributed by atoms with E-state index in [-0.39, 0.29) is 5.91 Å². The summed E-state index contributed by atoms with van der Waals surface area (Å²) < 4.78 is 5.43. The Morgan fingerprint density at radius 2 is 1.77 bits per heavy atom. The molecule has 0 aliphatic heterocycles. The summed E-state index contributed by atoms with van der Waals surface area (Å²) in [5, 5.41) is 21.9. The fraction of sp³-hybridized carbons (Fsp3) is 0.500. The molecule has 0 fully saturated rings. The molecule has 8 nitrogen and oxygen atoms in total. The van der Waals surface area contributed by atoms with Gasteiger partial charge in [0.05, 0.1) is 13.2 Å². The number of amides is 1. The third-order valence-electron chi connectivity index (χ3n) is 3.55. The summed E-state index contributed by atoms with van der Waals surface area (Å²) in [6, 6.07) is 8.07. The summed E-state index contributed by atoms with van der Waals surface area (Å²) in [6.07, 6.45) is 0.355. The smallest absolute Gasteiger partial charge is 0.222 e. The number of aryl methyl sites for hydroxylation is 1. The summed E-state index contributed by atoms with van der Waals surface area (Å²) in [5.41, 5.74) is 1.83. The largest absolute Gasteiger partial charge is 0.380 e. The van der Waals surface area contributed by atoms with Crippen LogP contribution in [0, 0.1) is 6.92 Å². The van der Waals surface area contributed by atoms with Gasteiger partial charge in [0, 0.05) is 31.1 Å². The minimum atomic E-state index is -0.0267. The lowest BCUT2D eigenvalue weighted by molar-refractivity contribution is -0.122. The molecule has 0 saturated carbocycles. The lowest BCUT2D eigenvalue weighted by atomic mass is 10.1. The number of rotatable bonds is 10. The second-order valence-electron chi connectivity index (χ2n) is 6.22. The minimum Gasteiger partial charge on any atom is -0.380 e. The van der Waals surface area contributed by atoms with Crippen LogP contribution in [0.1, 0.15) is 31.7 Å². The third-order valence-corrected chi connectivity index (χ3v) is 3.55. The average molecular weight is 358 g/mol. The highest BCUT2D eigenvalue weighted by Crippen LogP contribution is 2.13. The van der Waals surface area contributed by atoms with Crippen molar-refractivity contribution in [3.63, 3.8) is 0 Å². The van der Waals surface area contributed by atoms with E-state index < -0.39 is 0 Å². The van der Waals surface area contributed by atoms with Crippen LogP contribution in [0.15, 0.2) is 24.3 Å². The first kappa shape index (κ1) is 19.9. The van der Waals surface area contributed by atoms with Gasteiger partial charge in [-0.25, -0.2) is 0 Å². The highest BCUT2D eigenvalue weighted by molar-refractivity contribution is 5.75. The Morgan fingerprint density at radius 3 is 2.42 bits per heavy atom. The molecule has 1 heterocycles. The lowest BCUT2D eigenvalue weighted by Crippen LogP contribution is -2.28. The van der Waals surface area contributed by atoms with Crippen molar-refractivity contribution in [3.05, 3.63) is 35.7 Å². The van der Waals surface area contributed by atoms with E-state index in [1.54, 1.807) is 6.92 Å². The van der Waals surface area contributed by atoms with Crippen molar-refractivity contribution in [1.82, 2.24) is 31.0 Å². The molecule has 2 aromatic rings. The van der Waals surface area contributed by atoms with Crippen LogP contribution in [0.5, 0.6) is 0 Å². The zero-order chi connectivity index (χ0) is 18.8. The zero-order valence-electron chi connectivity index (χ0n) is 15.5. The number of aromatic nitrogens is 4. The first-order chi connectivity index (χ1) is 12.5. The van der Waals surface area contributed by atoms with Crippen LogP contribution >= 0.6 is 0 Å². The molecule has 140 valence electrons. The zero-order valence-corrected chi connectivity index (χ0v) is 15.5. The van der Waals surface area contributed by atoms with E-state index in [2.05, 4.69) is 44.9 Å². The third kappa shape index (κ3) is 7.20. The van der Waals surface area contributed by atoms with Crippen LogP contribution in [0.25, 0.3) is 11.4 Å². The quantitative estimate of drug-likeness (QED) is 0.617. The van der Waals surface area contributed by atoms with Crippen molar-refractivity contribution in [2.45, 2.75) is 39.8 Å². The maximum atomic E-state index is 11.8. The van der Waals surface area contributed by atoms with Gasteiger partial charge in [0.2, 0.25) is 11.7 Å². The summed E-state index contributed by atoms with van der Waals surface area (Å²) in [5.74, 6) is 0.990. The fourth-order valence-electron chi connectivity index (χ4n) is 2.14. The van der Waals surface area contributed by atoms with Crippen molar-refractivity contribution >= 4 is 5.91 Å². The Balaban J connectivity index is 1.67. The van der Waals surface area contributed by atoms with Gasteiger partial charge in [0.25, 0.3) is 0 Å². The van der Waals surface area contributed by atoms with Gasteiger partial charge >= 0.3 is 0 Å². The van der Waals surface area contributed by atoms with Crippen molar-refractivity contribution in [2.75, 3.05) is 19.8 Å². The number of hydrogen-bond donors (Lipinski definition) is 2. The number of benzene rings is 1. The number of hydrogen-bond acceptors (Lipinski definition) is 7. The van der Waals surface area contributed by atoms with Gasteiger partial charge in [-0.1, -0.05) is 38.1 Å². The average Bonchev–Trinajstić information content (AvgIpc) is 2.64. The molecule has 0 unspecified atom stereocenters. The molecule has 0 bridgehead atoms. The highest BCUT2D eigenvalue weighted by Gasteiger charge is 2.05. The Morgan fingerprint density at radius 1 is 1.08 bits per heavy atom. The molecule has 26 heavy (non-hydrogen) atoms.